The highest BCUT2D eigenvalue weighted by molar-refractivity contribution is 7.22. The number of phenolic OH excluding ortho intramolecular Hbond substituents is 1. The van der Waals surface area contributed by atoms with E-state index in [1.807, 2.05) is 84.9 Å². The third-order valence-corrected chi connectivity index (χ3v) is 8.46. The maximum absolute atomic E-state index is 14.0. The maximum atomic E-state index is 14.0. The number of ketones is 1. The minimum Gasteiger partial charge on any atom is -0.508 e. The monoisotopic (exact) mass is 549 g/mol. The number of fused-ring (bicyclic) bond motifs is 1. The standard InChI is InChI=1S/C34H31NO4S/c36-27-12-8-26(9-13-27)34-32(30-17-16-29(22-31(30)40-34)39-23-24-6-2-1-3-7-24)33(37)25-10-14-28(15-11-25)38-21-20-35-18-4-5-19-35/h1-3,6-17,22,36H,4-5,18-21,23H2. The highest BCUT2D eigenvalue weighted by Gasteiger charge is 2.22. The molecule has 0 spiro atoms. The third-order valence-electron chi connectivity index (χ3n) is 7.26. The van der Waals surface area contributed by atoms with Crippen LogP contribution in [0.4, 0.5) is 0 Å². The normalized spacial score (nSPS) is 13.5. The summed E-state index contributed by atoms with van der Waals surface area (Å²) < 4.78 is 13.0. The summed E-state index contributed by atoms with van der Waals surface area (Å²) in [4.78, 5) is 17.2. The van der Waals surface area contributed by atoms with Gasteiger partial charge in [-0.05, 0) is 104 Å². The van der Waals surface area contributed by atoms with Crippen LogP contribution in [0.3, 0.4) is 0 Å². The van der Waals surface area contributed by atoms with Gasteiger partial charge in [0.2, 0.25) is 0 Å². The second kappa shape index (κ2) is 11.9. The molecule has 0 saturated carbocycles. The lowest BCUT2D eigenvalue weighted by molar-refractivity contribution is 0.104. The molecule has 2 heterocycles. The van der Waals surface area contributed by atoms with Crippen molar-refractivity contribution in [1.82, 2.24) is 4.90 Å². The van der Waals surface area contributed by atoms with Gasteiger partial charge < -0.3 is 14.6 Å². The fourth-order valence-electron chi connectivity index (χ4n) is 5.09. The van der Waals surface area contributed by atoms with Gasteiger partial charge in [-0.1, -0.05) is 30.3 Å². The molecule has 0 amide bonds. The zero-order chi connectivity index (χ0) is 27.3. The van der Waals surface area contributed by atoms with Crippen molar-refractivity contribution in [2.75, 3.05) is 26.2 Å². The van der Waals surface area contributed by atoms with Gasteiger partial charge in [0.1, 0.15) is 30.5 Å². The first kappa shape index (κ1) is 26.1. The number of hydrogen-bond donors (Lipinski definition) is 1. The zero-order valence-electron chi connectivity index (χ0n) is 22.2. The topological polar surface area (TPSA) is 59.0 Å². The lowest BCUT2D eigenvalue weighted by Crippen LogP contribution is -2.25. The van der Waals surface area contributed by atoms with E-state index in [0.29, 0.717) is 24.3 Å². The van der Waals surface area contributed by atoms with Crippen molar-refractivity contribution in [2.45, 2.75) is 19.4 Å². The Kier molecular flexibility index (Phi) is 7.80. The average Bonchev–Trinajstić information content (AvgIpc) is 3.65. The third kappa shape index (κ3) is 5.88. The van der Waals surface area contributed by atoms with E-state index >= 15 is 0 Å². The van der Waals surface area contributed by atoms with Crippen molar-refractivity contribution < 1.29 is 19.4 Å². The molecule has 1 aliphatic heterocycles. The summed E-state index contributed by atoms with van der Waals surface area (Å²) in [6.07, 6.45) is 2.53. The van der Waals surface area contributed by atoms with Crippen molar-refractivity contribution in [3.63, 3.8) is 0 Å². The Labute approximate surface area is 238 Å². The van der Waals surface area contributed by atoms with Crippen LogP contribution in [0.15, 0.2) is 97.1 Å². The molecule has 1 aliphatic rings. The molecule has 5 aromatic rings. The Morgan fingerprint density at radius 2 is 1.55 bits per heavy atom. The van der Waals surface area contributed by atoms with Gasteiger partial charge in [0.25, 0.3) is 0 Å². The molecular weight excluding hydrogens is 518 g/mol. The lowest BCUT2D eigenvalue weighted by atomic mass is 9.97. The van der Waals surface area contributed by atoms with Gasteiger partial charge >= 0.3 is 0 Å². The van der Waals surface area contributed by atoms with Crippen molar-refractivity contribution >= 4 is 27.2 Å². The minimum absolute atomic E-state index is 0.0455. The molecule has 1 aromatic heterocycles. The number of carbonyl (C=O) groups is 1. The SMILES string of the molecule is O=C(c1ccc(OCCN2CCCC2)cc1)c1c(-c2ccc(O)cc2)sc2cc(OCc3ccccc3)ccc12. The van der Waals surface area contributed by atoms with E-state index in [1.165, 1.54) is 12.8 Å². The van der Waals surface area contributed by atoms with Gasteiger partial charge in [-0.3, -0.25) is 9.69 Å². The van der Waals surface area contributed by atoms with Crippen LogP contribution in [0, 0.1) is 0 Å². The molecule has 5 nitrogen and oxygen atoms in total. The molecule has 6 rings (SSSR count). The summed E-state index contributed by atoms with van der Waals surface area (Å²) in [7, 11) is 0. The molecule has 4 aromatic carbocycles. The molecule has 0 atom stereocenters. The van der Waals surface area contributed by atoms with E-state index in [9.17, 15) is 9.90 Å². The average molecular weight is 550 g/mol. The minimum atomic E-state index is -0.0455. The van der Waals surface area contributed by atoms with Gasteiger partial charge in [0, 0.05) is 32.6 Å². The quantitative estimate of drug-likeness (QED) is 0.182. The fraction of sp³-hybridized carbons (Fsp3) is 0.206. The van der Waals surface area contributed by atoms with E-state index in [4.69, 9.17) is 9.47 Å². The molecule has 0 radical (unpaired) electrons. The highest BCUT2D eigenvalue weighted by atomic mass is 32.1. The first-order valence-corrected chi connectivity index (χ1v) is 14.5. The molecule has 0 bridgehead atoms. The van der Waals surface area contributed by atoms with Crippen LogP contribution in [-0.2, 0) is 6.61 Å². The Bertz CT molecular complexity index is 1590. The van der Waals surface area contributed by atoms with Crippen molar-refractivity contribution in [3.8, 4) is 27.7 Å². The number of rotatable bonds is 10. The van der Waals surface area contributed by atoms with Crippen LogP contribution in [0.25, 0.3) is 20.5 Å². The predicted octanol–water partition coefficient (Wildman–Crippen LogP) is 7.56. The number of thiophene rings is 1. The second-order valence-corrected chi connectivity index (χ2v) is 11.1. The first-order valence-electron chi connectivity index (χ1n) is 13.7. The number of likely N-dealkylation sites (tertiary alicyclic amines) is 1. The van der Waals surface area contributed by atoms with Gasteiger partial charge in [-0.2, -0.15) is 0 Å². The summed E-state index contributed by atoms with van der Waals surface area (Å²) in [5.41, 5.74) is 3.24. The second-order valence-electron chi connectivity index (χ2n) is 10.0. The van der Waals surface area contributed by atoms with Crippen LogP contribution >= 0.6 is 11.3 Å². The van der Waals surface area contributed by atoms with Crippen LogP contribution in [0.2, 0.25) is 0 Å². The lowest BCUT2D eigenvalue weighted by Gasteiger charge is -2.15. The molecule has 1 fully saturated rings. The molecule has 6 heteroatoms. The summed E-state index contributed by atoms with van der Waals surface area (Å²) >= 11 is 1.56. The fourth-order valence-corrected chi connectivity index (χ4v) is 6.33. The number of phenols is 1. The summed E-state index contributed by atoms with van der Waals surface area (Å²) in [6, 6.07) is 30.4. The van der Waals surface area contributed by atoms with E-state index in [2.05, 4.69) is 4.90 Å². The largest absolute Gasteiger partial charge is 0.508 e. The molecular formula is C34H31NO4S. The predicted molar refractivity (Wildman–Crippen MR) is 161 cm³/mol. The van der Waals surface area contributed by atoms with Gasteiger partial charge in [0.15, 0.2) is 5.78 Å². The van der Waals surface area contributed by atoms with Gasteiger partial charge in [-0.15, -0.1) is 11.3 Å². The summed E-state index contributed by atoms with van der Waals surface area (Å²) in [5, 5.41) is 10.7. The van der Waals surface area contributed by atoms with Crippen molar-refractivity contribution in [1.29, 1.82) is 0 Å². The Balaban J connectivity index is 1.27. The van der Waals surface area contributed by atoms with Gasteiger partial charge in [0.05, 0.1) is 0 Å². The highest BCUT2D eigenvalue weighted by Crippen LogP contribution is 2.41. The molecule has 1 saturated heterocycles. The zero-order valence-corrected chi connectivity index (χ0v) is 23.0. The number of ether oxygens (including phenoxy) is 2. The first-order chi connectivity index (χ1) is 19.6. The summed E-state index contributed by atoms with van der Waals surface area (Å²) in [5.74, 6) is 1.67. The van der Waals surface area contributed by atoms with E-state index < -0.39 is 0 Å². The number of aromatic hydroxyl groups is 1. The van der Waals surface area contributed by atoms with Crippen molar-refractivity contribution in [3.05, 3.63) is 114 Å². The number of carbonyl (C=O) groups excluding carboxylic acids is 1. The van der Waals surface area contributed by atoms with Crippen LogP contribution in [-0.4, -0.2) is 42.0 Å². The summed E-state index contributed by atoms with van der Waals surface area (Å²) in [6.45, 7) is 4.34. The smallest absolute Gasteiger partial charge is 0.195 e. The molecule has 0 aliphatic carbocycles. The Morgan fingerprint density at radius 1 is 0.825 bits per heavy atom. The number of nitrogens with zero attached hydrogens (tertiary/aromatic N) is 1. The molecule has 0 unspecified atom stereocenters. The number of benzene rings is 4. The molecule has 1 N–H and O–H groups in total. The van der Waals surface area contributed by atoms with Crippen LogP contribution < -0.4 is 9.47 Å². The van der Waals surface area contributed by atoms with Crippen molar-refractivity contribution in [2.24, 2.45) is 0 Å². The van der Waals surface area contributed by atoms with Crippen LogP contribution in [0.5, 0.6) is 17.2 Å². The Morgan fingerprint density at radius 3 is 2.30 bits per heavy atom. The van der Waals surface area contributed by atoms with E-state index in [-0.39, 0.29) is 11.5 Å². The van der Waals surface area contributed by atoms with Gasteiger partial charge in [-0.25, -0.2) is 0 Å². The van der Waals surface area contributed by atoms with E-state index in [1.54, 1.807) is 23.5 Å². The Hall–Kier alpha value is -4.13. The van der Waals surface area contributed by atoms with Crippen LogP contribution in [0.1, 0.15) is 34.3 Å². The van der Waals surface area contributed by atoms with E-state index in [0.717, 1.165) is 57.2 Å². The molecule has 40 heavy (non-hydrogen) atoms. The number of hydrogen-bond acceptors (Lipinski definition) is 6. The maximum Gasteiger partial charge on any atom is 0.195 e. The molecule has 202 valence electrons.